The number of aromatic carboxylic acids is 1. The topological polar surface area (TPSA) is 54.3 Å². The monoisotopic (exact) mass is 358 g/mol. The molecule has 0 atom stereocenters. The van der Waals surface area contributed by atoms with Crippen molar-refractivity contribution in [1.82, 2.24) is 9.88 Å². The molecule has 1 aromatic heterocycles. The van der Waals surface area contributed by atoms with Crippen molar-refractivity contribution in [3.8, 4) is 0 Å². The van der Waals surface area contributed by atoms with E-state index < -0.39 is 5.97 Å². The van der Waals surface area contributed by atoms with Gasteiger partial charge in [0.25, 0.3) is 0 Å². The van der Waals surface area contributed by atoms with E-state index in [2.05, 4.69) is 5.32 Å². The van der Waals surface area contributed by atoms with Crippen LogP contribution in [0.15, 0.2) is 24.3 Å². The second-order valence-corrected chi connectivity index (χ2v) is 7.26. The Kier molecular flexibility index (Phi) is 5.77. The molecule has 0 unspecified atom stereocenters. The average molecular weight is 358 g/mol. The average Bonchev–Trinajstić information content (AvgIpc) is 2.87. The molecule has 140 valence electrons. The summed E-state index contributed by atoms with van der Waals surface area (Å²) in [5.74, 6) is -1.15. The molecular weight excluding hydrogens is 331 g/mol. The number of aromatic nitrogens is 1. The Labute approximate surface area is 154 Å². The molecule has 4 nitrogen and oxygen atoms in total. The third kappa shape index (κ3) is 3.98. The van der Waals surface area contributed by atoms with Crippen LogP contribution in [0.5, 0.6) is 0 Å². The summed E-state index contributed by atoms with van der Waals surface area (Å²) >= 11 is 0. The van der Waals surface area contributed by atoms with Crippen LogP contribution in [0, 0.1) is 19.7 Å². The Morgan fingerprint density at radius 1 is 1.15 bits per heavy atom. The predicted octanol–water partition coefficient (Wildman–Crippen LogP) is 4.41. The molecule has 1 fully saturated rings. The third-order valence-corrected chi connectivity index (χ3v) is 5.55. The van der Waals surface area contributed by atoms with E-state index in [0.717, 1.165) is 35.4 Å². The summed E-state index contributed by atoms with van der Waals surface area (Å²) in [5.41, 5.74) is 3.93. The Balaban J connectivity index is 1.85. The van der Waals surface area contributed by atoms with E-state index in [9.17, 15) is 14.3 Å². The van der Waals surface area contributed by atoms with E-state index in [4.69, 9.17) is 0 Å². The summed E-state index contributed by atoms with van der Waals surface area (Å²) in [6, 6.07) is 6.84. The Hall–Kier alpha value is -2.14. The number of halogens is 1. The van der Waals surface area contributed by atoms with Crippen molar-refractivity contribution in [3.63, 3.8) is 0 Å². The Morgan fingerprint density at radius 3 is 2.42 bits per heavy atom. The van der Waals surface area contributed by atoms with Gasteiger partial charge in [0, 0.05) is 36.1 Å². The molecule has 5 heteroatoms. The maximum Gasteiger partial charge on any atom is 0.337 e. The van der Waals surface area contributed by atoms with Crippen molar-refractivity contribution < 1.29 is 14.3 Å². The van der Waals surface area contributed by atoms with Crippen molar-refractivity contribution in [2.45, 2.75) is 65.1 Å². The quantitative estimate of drug-likeness (QED) is 0.804. The summed E-state index contributed by atoms with van der Waals surface area (Å²) in [6.07, 6.45) is 6.11. The van der Waals surface area contributed by atoms with Crippen molar-refractivity contribution in [1.29, 1.82) is 0 Å². The molecule has 0 radical (unpaired) electrons. The number of nitrogens with one attached hydrogen (secondary N) is 1. The number of nitrogens with zero attached hydrogens (tertiary/aromatic N) is 1. The minimum absolute atomic E-state index is 0.265. The molecule has 0 amide bonds. The molecule has 1 aromatic carbocycles. The molecular formula is C21H27FN2O2. The number of carbonyl (C=O) groups is 1. The SMILES string of the molecule is Cc1c(CNC2CCCCC2)c(C(=O)O)c(C)n1Cc1ccc(F)cc1. The second kappa shape index (κ2) is 8.04. The summed E-state index contributed by atoms with van der Waals surface area (Å²) in [7, 11) is 0. The normalized spacial score (nSPS) is 15.3. The fourth-order valence-corrected chi connectivity index (χ4v) is 4.01. The number of hydrogen-bond acceptors (Lipinski definition) is 2. The van der Waals surface area contributed by atoms with Crippen LogP contribution < -0.4 is 5.32 Å². The minimum Gasteiger partial charge on any atom is -0.478 e. The van der Waals surface area contributed by atoms with E-state index in [0.29, 0.717) is 24.7 Å². The van der Waals surface area contributed by atoms with Crippen molar-refractivity contribution in [2.75, 3.05) is 0 Å². The van der Waals surface area contributed by atoms with E-state index in [1.165, 1.54) is 31.4 Å². The molecule has 0 saturated heterocycles. The van der Waals surface area contributed by atoms with Crippen LogP contribution in [-0.4, -0.2) is 21.7 Å². The zero-order valence-corrected chi connectivity index (χ0v) is 15.5. The lowest BCUT2D eigenvalue weighted by molar-refractivity contribution is 0.0694. The van der Waals surface area contributed by atoms with Gasteiger partial charge in [-0.1, -0.05) is 31.4 Å². The van der Waals surface area contributed by atoms with Crippen molar-refractivity contribution in [3.05, 3.63) is 58.2 Å². The molecule has 1 aliphatic rings. The molecule has 0 aliphatic heterocycles. The standard InChI is InChI=1S/C21H27FN2O2/c1-14-19(12-23-18-6-4-3-5-7-18)20(21(25)26)15(2)24(14)13-16-8-10-17(22)11-9-16/h8-11,18,23H,3-7,12-13H2,1-2H3,(H,25,26). The number of hydrogen-bond donors (Lipinski definition) is 2. The smallest absolute Gasteiger partial charge is 0.337 e. The zero-order chi connectivity index (χ0) is 18.7. The molecule has 0 spiro atoms. The molecule has 1 aliphatic carbocycles. The first-order chi connectivity index (χ1) is 12.5. The molecule has 1 heterocycles. The van der Waals surface area contributed by atoms with Gasteiger partial charge < -0.3 is 15.0 Å². The molecule has 2 N–H and O–H groups in total. The van der Waals surface area contributed by atoms with E-state index >= 15 is 0 Å². The van der Waals surface area contributed by atoms with Crippen molar-refractivity contribution in [2.24, 2.45) is 0 Å². The fraction of sp³-hybridized carbons (Fsp3) is 0.476. The molecule has 3 rings (SSSR count). The maximum atomic E-state index is 13.1. The Morgan fingerprint density at radius 2 is 1.81 bits per heavy atom. The van der Waals surface area contributed by atoms with Crippen LogP contribution in [0.4, 0.5) is 4.39 Å². The van der Waals surface area contributed by atoms with Gasteiger partial charge in [-0.2, -0.15) is 0 Å². The maximum absolute atomic E-state index is 13.1. The van der Waals surface area contributed by atoms with Gasteiger partial charge in [-0.3, -0.25) is 0 Å². The van der Waals surface area contributed by atoms with Crippen LogP contribution in [-0.2, 0) is 13.1 Å². The highest BCUT2D eigenvalue weighted by Gasteiger charge is 2.23. The first-order valence-corrected chi connectivity index (χ1v) is 9.37. The van der Waals surface area contributed by atoms with Crippen molar-refractivity contribution >= 4 is 5.97 Å². The molecule has 0 bridgehead atoms. The predicted molar refractivity (Wildman–Crippen MR) is 100 cm³/mol. The van der Waals surface area contributed by atoms with Gasteiger partial charge in [0.15, 0.2) is 0 Å². The highest BCUT2D eigenvalue weighted by atomic mass is 19.1. The largest absolute Gasteiger partial charge is 0.478 e. The highest BCUT2D eigenvalue weighted by Crippen LogP contribution is 2.25. The summed E-state index contributed by atoms with van der Waals surface area (Å²) in [4.78, 5) is 11.9. The molecule has 1 saturated carbocycles. The van der Waals surface area contributed by atoms with Gasteiger partial charge in [0.1, 0.15) is 5.82 Å². The van der Waals surface area contributed by atoms with E-state index in [1.807, 2.05) is 18.4 Å². The van der Waals surface area contributed by atoms with Crippen LogP contribution in [0.25, 0.3) is 0 Å². The molecule has 26 heavy (non-hydrogen) atoms. The minimum atomic E-state index is -0.885. The highest BCUT2D eigenvalue weighted by molar-refractivity contribution is 5.91. The number of benzene rings is 1. The fourth-order valence-electron chi connectivity index (χ4n) is 4.01. The first kappa shape index (κ1) is 18.6. The van der Waals surface area contributed by atoms with Gasteiger partial charge in [-0.05, 0) is 44.4 Å². The zero-order valence-electron chi connectivity index (χ0n) is 15.5. The van der Waals surface area contributed by atoms with Gasteiger partial charge >= 0.3 is 5.97 Å². The van der Waals surface area contributed by atoms with Crippen LogP contribution in [0.1, 0.15) is 65.0 Å². The lowest BCUT2D eigenvalue weighted by atomic mass is 9.95. The molecule has 2 aromatic rings. The van der Waals surface area contributed by atoms with Gasteiger partial charge in [0.2, 0.25) is 0 Å². The van der Waals surface area contributed by atoms with Crippen LogP contribution in [0.3, 0.4) is 0 Å². The van der Waals surface area contributed by atoms with Crippen LogP contribution in [0.2, 0.25) is 0 Å². The number of rotatable bonds is 6. The summed E-state index contributed by atoms with van der Waals surface area (Å²) in [5, 5.41) is 13.3. The lowest BCUT2D eigenvalue weighted by Crippen LogP contribution is -2.31. The third-order valence-electron chi connectivity index (χ3n) is 5.55. The summed E-state index contributed by atoms with van der Waals surface area (Å²) in [6.45, 7) is 4.95. The second-order valence-electron chi connectivity index (χ2n) is 7.26. The van der Waals surface area contributed by atoms with Gasteiger partial charge in [0.05, 0.1) is 5.56 Å². The summed E-state index contributed by atoms with van der Waals surface area (Å²) < 4.78 is 15.2. The Bertz CT molecular complexity index is 774. The van der Waals surface area contributed by atoms with E-state index in [-0.39, 0.29) is 5.82 Å². The van der Waals surface area contributed by atoms with Gasteiger partial charge in [-0.15, -0.1) is 0 Å². The first-order valence-electron chi connectivity index (χ1n) is 9.37. The lowest BCUT2D eigenvalue weighted by Gasteiger charge is -2.23. The van der Waals surface area contributed by atoms with Crippen LogP contribution >= 0.6 is 0 Å². The van der Waals surface area contributed by atoms with E-state index in [1.54, 1.807) is 12.1 Å². The number of carboxylic acids is 1. The number of carboxylic acid groups (broad SMARTS) is 1. The van der Waals surface area contributed by atoms with Gasteiger partial charge in [-0.25, -0.2) is 9.18 Å².